The summed E-state index contributed by atoms with van der Waals surface area (Å²) >= 11 is 0. The molecule has 0 fully saturated rings. The first-order chi connectivity index (χ1) is 7.13. The van der Waals surface area contributed by atoms with E-state index in [9.17, 15) is 9.59 Å². The fraction of sp³-hybridized carbons (Fsp3) is 0.333. The van der Waals surface area contributed by atoms with Gasteiger partial charge in [0.2, 0.25) is 5.56 Å². The molecule has 0 saturated heterocycles. The first-order valence-electron chi connectivity index (χ1n) is 4.39. The van der Waals surface area contributed by atoms with Crippen LogP contribution in [-0.4, -0.2) is 40.4 Å². The molecule has 0 spiro atoms. The zero-order valence-corrected chi connectivity index (χ0v) is 7.93. The van der Waals surface area contributed by atoms with E-state index in [1.165, 1.54) is 12.3 Å². The quantitative estimate of drug-likeness (QED) is 0.485. The number of H-pyrrole nitrogens is 1. The van der Waals surface area contributed by atoms with Crippen LogP contribution in [0.1, 0.15) is 10.4 Å². The first-order valence-corrected chi connectivity index (χ1v) is 4.39. The van der Waals surface area contributed by atoms with Gasteiger partial charge in [-0.05, 0) is 6.07 Å². The van der Waals surface area contributed by atoms with Crippen molar-refractivity contribution in [2.45, 2.75) is 6.10 Å². The number of aliphatic hydroxyl groups is 2. The second-order valence-corrected chi connectivity index (χ2v) is 2.99. The molecule has 1 heterocycles. The molecule has 1 aromatic rings. The average Bonchev–Trinajstić information content (AvgIpc) is 2.25. The third-order valence-electron chi connectivity index (χ3n) is 1.75. The van der Waals surface area contributed by atoms with Crippen LogP contribution >= 0.6 is 0 Å². The van der Waals surface area contributed by atoms with E-state index >= 15 is 0 Å². The number of hydrogen-bond acceptors (Lipinski definition) is 4. The van der Waals surface area contributed by atoms with Crippen molar-refractivity contribution in [3.63, 3.8) is 0 Å². The maximum atomic E-state index is 11.4. The molecule has 0 saturated carbocycles. The highest BCUT2D eigenvalue weighted by molar-refractivity contribution is 5.93. The summed E-state index contributed by atoms with van der Waals surface area (Å²) in [4.78, 5) is 24.6. The minimum Gasteiger partial charge on any atom is -0.394 e. The van der Waals surface area contributed by atoms with Gasteiger partial charge in [0.15, 0.2) is 0 Å². The van der Waals surface area contributed by atoms with Crippen LogP contribution in [0.2, 0.25) is 0 Å². The van der Waals surface area contributed by atoms with Crippen molar-refractivity contribution >= 4 is 5.91 Å². The van der Waals surface area contributed by atoms with E-state index in [-0.39, 0.29) is 17.7 Å². The van der Waals surface area contributed by atoms with Gasteiger partial charge in [-0.15, -0.1) is 0 Å². The van der Waals surface area contributed by atoms with Crippen LogP contribution < -0.4 is 10.9 Å². The molecule has 15 heavy (non-hydrogen) atoms. The normalized spacial score (nSPS) is 12.1. The molecule has 1 atom stereocenters. The largest absolute Gasteiger partial charge is 0.394 e. The first kappa shape index (κ1) is 11.4. The number of hydrogen-bond donors (Lipinski definition) is 4. The summed E-state index contributed by atoms with van der Waals surface area (Å²) in [5.74, 6) is -0.464. The van der Waals surface area contributed by atoms with Gasteiger partial charge in [-0.2, -0.15) is 0 Å². The van der Waals surface area contributed by atoms with Crippen LogP contribution in [0, 0.1) is 0 Å². The minimum absolute atomic E-state index is 0.0534. The lowest BCUT2D eigenvalue weighted by Gasteiger charge is -2.08. The van der Waals surface area contributed by atoms with E-state index < -0.39 is 18.6 Å². The summed E-state index contributed by atoms with van der Waals surface area (Å²) in [6.45, 7) is -0.474. The molecular weight excluding hydrogens is 200 g/mol. The van der Waals surface area contributed by atoms with Crippen LogP contribution in [0.25, 0.3) is 0 Å². The van der Waals surface area contributed by atoms with Gasteiger partial charge in [-0.25, -0.2) is 0 Å². The molecule has 4 N–H and O–H groups in total. The lowest BCUT2D eigenvalue weighted by Crippen LogP contribution is -2.34. The molecule has 0 aliphatic rings. The molecule has 1 amide bonds. The molecule has 0 bridgehead atoms. The fourth-order valence-electron chi connectivity index (χ4n) is 0.963. The van der Waals surface area contributed by atoms with Crippen LogP contribution in [-0.2, 0) is 0 Å². The molecule has 6 heteroatoms. The highest BCUT2D eigenvalue weighted by atomic mass is 16.3. The SMILES string of the molecule is O=C(NCC(O)CO)c1cc[nH]c(=O)c1. The summed E-state index contributed by atoms with van der Waals surface area (Å²) in [5.41, 5.74) is -0.158. The Labute approximate surface area is 85.6 Å². The number of carbonyl (C=O) groups excluding carboxylic acids is 1. The smallest absolute Gasteiger partial charge is 0.251 e. The number of amides is 1. The average molecular weight is 212 g/mol. The van der Waals surface area contributed by atoms with E-state index in [0.29, 0.717) is 0 Å². The standard InChI is InChI=1S/C9H12N2O4/c12-5-7(13)4-11-9(15)6-1-2-10-8(14)3-6/h1-3,7,12-13H,4-5H2,(H,10,14)(H,11,15). The second kappa shape index (κ2) is 5.28. The van der Waals surface area contributed by atoms with E-state index in [4.69, 9.17) is 10.2 Å². The molecule has 1 unspecified atom stereocenters. The van der Waals surface area contributed by atoms with Gasteiger partial charge in [0, 0.05) is 24.4 Å². The molecule has 0 aliphatic carbocycles. The Morgan fingerprint density at radius 1 is 1.60 bits per heavy atom. The van der Waals surface area contributed by atoms with Crippen molar-refractivity contribution < 1.29 is 15.0 Å². The molecule has 1 rings (SSSR count). The number of nitrogens with one attached hydrogen (secondary N) is 2. The lowest BCUT2D eigenvalue weighted by molar-refractivity contribution is 0.0802. The van der Waals surface area contributed by atoms with Crippen molar-refractivity contribution in [3.05, 3.63) is 34.2 Å². The highest BCUT2D eigenvalue weighted by Crippen LogP contribution is 1.92. The Hall–Kier alpha value is -1.66. The summed E-state index contributed by atoms with van der Waals surface area (Å²) in [7, 11) is 0. The number of aromatic nitrogens is 1. The third kappa shape index (κ3) is 3.53. The summed E-state index contributed by atoms with van der Waals surface area (Å²) < 4.78 is 0. The van der Waals surface area contributed by atoms with E-state index in [2.05, 4.69) is 10.3 Å². The maximum Gasteiger partial charge on any atom is 0.251 e. The third-order valence-corrected chi connectivity index (χ3v) is 1.75. The predicted molar refractivity (Wildman–Crippen MR) is 52.5 cm³/mol. The number of carbonyl (C=O) groups is 1. The fourth-order valence-corrected chi connectivity index (χ4v) is 0.963. The zero-order chi connectivity index (χ0) is 11.3. The monoisotopic (exact) mass is 212 g/mol. The molecule has 82 valence electrons. The van der Waals surface area contributed by atoms with Crippen molar-refractivity contribution in [3.8, 4) is 0 Å². The summed E-state index contributed by atoms with van der Waals surface area (Å²) in [6.07, 6.45) is 0.371. The van der Waals surface area contributed by atoms with E-state index in [1.54, 1.807) is 0 Å². The van der Waals surface area contributed by atoms with Gasteiger partial charge in [-0.3, -0.25) is 9.59 Å². The van der Waals surface area contributed by atoms with Gasteiger partial charge in [0.05, 0.1) is 12.7 Å². The van der Waals surface area contributed by atoms with Gasteiger partial charge in [0.25, 0.3) is 5.91 Å². The Bertz CT molecular complexity index is 388. The summed E-state index contributed by atoms with van der Waals surface area (Å²) in [5, 5.41) is 19.9. The van der Waals surface area contributed by atoms with Gasteiger partial charge in [0.1, 0.15) is 0 Å². The van der Waals surface area contributed by atoms with Gasteiger partial charge in [-0.1, -0.05) is 0 Å². The van der Waals surface area contributed by atoms with E-state index in [1.807, 2.05) is 0 Å². The van der Waals surface area contributed by atoms with E-state index in [0.717, 1.165) is 6.07 Å². The number of aliphatic hydroxyl groups excluding tert-OH is 2. The molecule has 0 radical (unpaired) electrons. The Balaban J connectivity index is 2.58. The predicted octanol–water partition coefficient (Wildman–Crippen LogP) is -1.54. The van der Waals surface area contributed by atoms with Crippen molar-refractivity contribution in [2.75, 3.05) is 13.2 Å². The Morgan fingerprint density at radius 3 is 2.93 bits per heavy atom. The molecule has 1 aromatic heterocycles. The molecular formula is C9H12N2O4. The topological polar surface area (TPSA) is 102 Å². The van der Waals surface area contributed by atoms with Crippen LogP contribution in [0.15, 0.2) is 23.1 Å². The number of pyridine rings is 1. The lowest BCUT2D eigenvalue weighted by atomic mass is 10.2. The molecule has 0 aromatic carbocycles. The minimum atomic E-state index is -0.990. The van der Waals surface area contributed by atoms with Crippen LogP contribution in [0.5, 0.6) is 0 Å². The summed E-state index contributed by atoms with van der Waals surface area (Å²) in [6, 6.07) is 2.60. The highest BCUT2D eigenvalue weighted by Gasteiger charge is 2.07. The molecule has 0 aliphatic heterocycles. The molecule has 6 nitrogen and oxygen atoms in total. The Morgan fingerprint density at radius 2 is 2.33 bits per heavy atom. The van der Waals surface area contributed by atoms with Gasteiger partial charge >= 0.3 is 0 Å². The van der Waals surface area contributed by atoms with Crippen LogP contribution in [0.3, 0.4) is 0 Å². The maximum absolute atomic E-state index is 11.4. The van der Waals surface area contributed by atoms with Crippen molar-refractivity contribution in [1.82, 2.24) is 10.3 Å². The number of aromatic amines is 1. The second-order valence-electron chi connectivity index (χ2n) is 2.99. The number of rotatable bonds is 4. The Kier molecular flexibility index (Phi) is 4.02. The van der Waals surface area contributed by atoms with Gasteiger partial charge < -0.3 is 20.5 Å². The zero-order valence-electron chi connectivity index (χ0n) is 7.93. The van der Waals surface area contributed by atoms with Crippen molar-refractivity contribution in [1.29, 1.82) is 0 Å². The van der Waals surface area contributed by atoms with Crippen molar-refractivity contribution in [2.24, 2.45) is 0 Å². The van der Waals surface area contributed by atoms with Crippen LogP contribution in [0.4, 0.5) is 0 Å².